The summed E-state index contributed by atoms with van der Waals surface area (Å²) in [6.07, 6.45) is 31.2. The second-order valence-electron chi connectivity index (χ2n) is 6.98. The molecule has 168 valence electrons. The van der Waals surface area contributed by atoms with Crippen molar-refractivity contribution in [3.8, 4) is 0 Å². The topological polar surface area (TPSA) is 66.8 Å². The van der Waals surface area contributed by atoms with Crippen LogP contribution < -0.4 is 0 Å². The van der Waals surface area contributed by atoms with Gasteiger partial charge < -0.3 is 14.9 Å². The normalized spacial score (nSPS) is 14.0. The number of hydrogen-bond donors (Lipinski definition) is 2. The molecule has 0 aromatic carbocycles. The highest BCUT2D eigenvalue weighted by atomic mass is 16.6. The van der Waals surface area contributed by atoms with Crippen molar-refractivity contribution in [1.82, 2.24) is 0 Å². The van der Waals surface area contributed by atoms with Crippen LogP contribution in [0.1, 0.15) is 58.8 Å². The number of hydrogen-bond acceptors (Lipinski definition) is 4. The summed E-state index contributed by atoms with van der Waals surface area (Å²) in [6.45, 7) is 3.18. The molecule has 0 aliphatic carbocycles. The predicted molar refractivity (Wildman–Crippen MR) is 126 cm³/mol. The first kappa shape index (κ1) is 27.8. The first-order valence-corrected chi connectivity index (χ1v) is 11.0. The molecule has 0 aromatic heterocycles. The van der Waals surface area contributed by atoms with Crippen LogP contribution in [-0.4, -0.2) is 35.5 Å². The van der Waals surface area contributed by atoms with Crippen LogP contribution in [0.4, 0.5) is 0 Å². The molecular formula is C26H40O4. The van der Waals surface area contributed by atoms with Crippen LogP contribution in [0.3, 0.4) is 0 Å². The van der Waals surface area contributed by atoms with Crippen LogP contribution in [0.2, 0.25) is 0 Å². The van der Waals surface area contributed by atoms with Crippen molar-refractivity contribution in [1.29, 1.82) is 0 Å². The maximum Gasteiger partial charge on any atom is 0.309 e. The molecule has 0 fully saturated rings. The Labute approximate surface area is 183 Å². The molecule has 1 atom stereocenters. The summed E-state index contributed by atoms with van der Waals surface area (Å²) in [5, 5.41) is 17.8. The first-order chi connectivity index (χ1) is 14.7. The maximum absolute atomic E-state index is 11.8. The lowest BCUT2D eigenvalue weighted by molar-refractivity contribution is -0.157. The summed E-state index contributed by atoms with van der Waals surface area (Å²) in [6, 6.07) is 0. The SMILES string of the molecule is CCC=CCC=CCC=CCC=CCC=CCC=CCC(C)C(=O)OC(CO)CO. The van der Waals surface area contributed by atoms with Gasteiger partial charge in [-0.05, 0) is 44.9 Å². The van der Waals surface area contributed by atoms with E-state index in [-0.39, 0.29) is 19.1 Å². The summed E-state index contributed by atoms with van der Waals surface area (Å²) in [5.74, 6) is -0.696. The highest BCUT2D eigenvalue weighted by Gasteiger charge is 2.17. The van der Waals surface area contributed by atoms with Gasteiger partial charge in [0.2, 0.25) is 0 Å². The minimum absolute atomic E-state index is 0.296. The van der Waals surface area contributed by atoms with Crippen molar-refractivity contribution >= 4 is 5.97 Å². The lowest BCUT2D eigenvalue weighted by Gasteiger charge is -2.15. The van der Waals surface area contributed by atoms with Gasteiger partial charge in [0.05, 0.1) is 19.1 Å². The highest BCUT2D eigenvalue weighted by molar-refractivity contribution is 5.72. The van der Waals surface area contributed by atoms with Crippen LogP contribution >= 0.6 is 0 Å². The molecule has 4 nitrogen and oxygen atoms in total. The third kappa shape index (κ3) is 17.9. The minimum atomic E-state index is -0.828. The Hall–Kier alpha value is -2.17. The number of carbonyl (C=O) groups is 1. The Kier molecular flexibility index (Phi) is 20.0. The van der Waals surface area contributed by atoms with Crippen LogP contribution in [0, 0.1) is 5.92 Å². The molecule has 0 aliphatic rings. The van der Waals surface area contributed by atoms with E-state index in [4.69, 9.17) is 14.9 Å². The zero-order valence-corrected chi connectivity index (χ0v) is 18.7. The summed E-state index contributed by atoms with van der Waals surface area (Å²) in [7, 11) is 0. The van der Waals surface area contributed by atoms with Crippen molar-refractivity contribution < 1.29 is 19.7 Å². The number of aliphatic hydroxyl groups is 2. The molecule has 0 saturated carbocycles. The average molecular weight is 417 g/mol. The molecule has 0 radical (unpaired) electrons. The summed E-state index contributed by atoms with van der Waals surface area (Å²) in [4.78, 5) is 11.8. The zero-order chi connectivity index (χ0) is 22.3. The van der Waals surface area contributed by atoms with E-state index < -0.39 is 12.1 Å². The van der Waals surface area contributed by atoms with E-state index in [2.05, 4.69) is 67.7 Å². The van der Waals surface area contributed by atoms with E-state index in [0.717, 1.165) is 38.5 Å². The van der Waals surface area contributed by atoms with E-state index in [1.807, 2.05) is 12.2 Å². The molecule has 0 aromatic rings. The Morgan fingerprint density at radius 3 is 1.43 bits per heavy atom. The van der Waals surface area contributed by atoms with E-state index in [1.54, 1.807) is 6.92 Å². The van der Waals surface area contributed by atoms with Gasteiger partial charge in [-0.1, -0.05) is 86.8 Å². The molecule has 30 heavy (non-hydrogen) atoms. The number of allylic oxidation sites excluding steroid dienone is 12. The monoisotopic (exact) mass is 416 g/mol. The summed E-state index contributed by atoms with van der Waals surface area (Å²) in [5.41, 5.74) is 0. The first-order valence-electron chi connectivity index (χ1n) is 11.0. The molecular weight excluding hydrogens is 376 g/mol. The third-order valence-corrected chi connectivity index (χ3v) is 4.18. The molecule has 0 heterocycles. The van der Waals surface area contributed by atoms with Crippen molar-refractivity contribution in [2.45, 2.75) is 64.9 Å². The van der Waals surface area contributed by atoms with Crippen LogP contribution in [-0.2, 0) is 9.53 Å². The molecule has 0 aliphatic heterocycles. The fourth-order valence-corrected chi connectivity index (χ4v) is 2.33. The maximum atomic E-state index is 11.8. The van der Waals surface area contributed by atoms with Gasteiger partial charge in [-0.3, -0.25) is 4.79 Å². The summed E-state index contributed by atoms with van der Waals surface area (Å²) < 4.78 is 4.99. The van der Waals surface area contributed by atoms with E-state index >= 15 is 0 Å². The van der Waals surface area contributed by atoms with Crippen molar-refractivity contribution in [2.75, 3.05) is 13.2 Å². The number of esters is 1. The minimum Gasteiger partial charge on any atom is -0.457 e. The average Bonchev–Trinajstić information content (AvgIpc) is 2.76. The third-order valence-electron chi connectivity index (χ3n) is 4.18. The Morgan fingerprint density at radius 1 is 0.700 bits per heavy atom. The van der Waals surface area contributed by atoms with Crippen molar-refractivity contribution in [3.63, 3.8) is 0 Å². The van der Waals surface area contributed by atoms with Gasteiger partial charge in [-0.15, -0.1) is 0 Å². The molecule has 2 N–H and O–H groups in total. The van der Waals surface area contributed by atoms with Crippen LogP contribution in [0.5, 0.6) is 0 Å². The molecule has 0 spiro atoms. The van der Waals surface area contributed by atoms with E-state index in [9.17, 15) is 4.79 Å². The smallest absolute Gasteiger partial charge is 0.309 e. The van der Waals surface area contributed by atoms with Gasteiger partial charge in [-0.25, -0.2) is 0 Å². The standard InChI is InChI=1S/C26H40O4/c1-3-4-5-6-7-8-9-10-11-12-13-14-15-16-17-18-19-20-21-24(2)26(29)30-25(22-27)23-28/h4-5,7-8,10-11,13-14,16-17,19-20,24-25,27-28H,3,6,9,12,15,18,21-23H2,1-2H3. The molecule has 0 saturated heterocycles. The molecule has 0 bridgehead atoms. The summed E-state index contributed by atoms with van der Waals surface area (Å²) >= 11 is 0. The van der Waals surface area contributed by atoms with Gasteiger partial charge in [0.25, 0.3) is 0 Å². The molecule has 1 unspecified atom stereocenters. The Morgan fingerprint density at radius 2 is 1.07 bits per heavy atom. The van der Waals surface area contributed by atoms with Gasteiger partial charge in [0, 0.05) is 0 Å². The number of carbonyl (C=O) groups excluding carboxylic acids is 1. The Bertz CT molecular complexity index is 578. The lowest BCUT2D eigenvalue weighted by atomic mass is 10.1. The predicted octanol–water partition coefficient (Wildman–Crippen LogP) is 5.61. The number of ether oxygens (including phenoxy) is 1. The Balaban J connectivity index is 3.77. The van der Waals surface area contributed by atoms with Crippen molar-refractivity contribution in [3.05, 3.63) is 72.9 Å². The van der Waals surface area contributed by atoms with Gasteiger partial charge in [-0.2, -0.15) is 0 Å². The van der Waals surface area contributed by atoms with E-state index in [1.165, 1.54) is 0 Å². The number of aliphatic hydroxyl groups excluding tert-OH is 2. The molecule has 0 rings (SSSR count). The zero-order valence-electron chi connectivity index (χ0n) is 18.7. The van der Waals surface area contributed by atoms with Crippen LogP contribution in [0.25, 0.3) is 0 Å². The number of rotatable bonds is 17. The van der Waals surface area contributed by atoms with Crippen molar-refractivity contribution in [2.24, 2.45) is 5.92 Å². The van der Waals surface area contributed by atoms with Gasteiger partial charge in [0.15, 0.2) is 0 Å². The largest absolute Gasteiger partial charge is 0.457 e. The quantitative estimate of drug-likeness (QED) is 0.239. The highest BCUT2D eigenvalue weighted by Crippen LogP contribution is 2.08. The van der Waals surface area contributed by atoms with E-state index in [0.29, 0.717) is 6.42 Å². The van der Waals surface area contributed by atoms with Gasteiger partial charge >= 0.3 is 5.97 Å². The fraction of sp³-hybridized carbons (Fsp3) is 0.500. The lowest BCUT2D eigenvalue weighted by Crippen LogP contribution is -2.28. The second kappa shape index (κ2) is 21.5. The second-order valence-corrected chi connectivity index (χ2v) is 6.98. The van der Waals surface area contributed by atoms with Crippen LogP contribution in [0.15, 0.2) is 72.9 Å². The molecule has 4 heteroatoms. The van der Waals surface area contributed by atoms with Gasteiger partial charge in [0.1, 0.15) is 6.10 Å². The molecule has 0 amide bonds. The fourth-order valence-electron chi connectivity index (χ4n) is 2.33.